The van der Waals surface area contributed by atoms with Crippen molar-refractivity contribution in [1.29, 1.82) is 5.26 Å². The van der Waals surface area contributed by atoms with Crippen LogP contribution in [0.25, 0.3) is 0 Å². The summed E-state index contributed by atoms with van der Waals surface area (Å²) in [6, 6.07) is 0. The number of thiol groups is 1. The average Bonchev–Trinajstić information content (AvgIpc) is 2.78. The van der Waals surface area contributed by atoms with Gasteiger partial charge in [-0.25, -0.2) is 0 Å². The standard InChI is InChI=1S/C9H17N3.CHNS/c1-10-7-8-11(2)9(10)12-5-3-4-6-12;2-1-3/h7-9H,3-6H2,1-2H3;3H. The molecule has 0 N–H and O–H groups in total. The molecule has 5 heteroatoms. The molecule has 15 heavy (non-hydrogen) atoms. The zero-order valence-electron chi connectivity index (χ0n) is 9.30. The van der Waals surface area contributed by atoms with Crippen LogP contribution in [0, 0.1) is 10.7 Å². The van der Waals surface area contributed by atoms with Gasteiger partial charge in [0.05, 0.1) is 0 Å². The molecule has 4 nitrogen and oxygen atoms in total. The Labute approximate surface area is 97.2 Å². The number of rotatable bonds is 1. The molecule has 2 aliphatic rings. The normalized spacial score (nSPS) is 21.5. The maximum atomic E-state index is 7.18. The summed E-state index contributed by atoms with van der Waals surface area (Å²) in [6.45, 7) is 2.50. The second-order valence-electron chi connectivity index (χ2n) is 3.82. The summed E-state index contributed by atoms with van der Waals surface area (Å²) >= 11 is 3.09. The summed E-state index contributed by atoms with van der Waals surface area (Å²) in [5.41, 5.74) is 0. The first kappa shape index (κ1) is 12.2. The van der Waals surface area contributed by atoms with Crippen molar-refractivity contribution in [2.24, 2.45) is 0 Å². The van der Waals surface area contributed by atoms with E-state index >= 15 is 0 Å². The minimum absolute atomic E-state index is 0.479. The lowest BCUT2D eigenvalue weighted by Gasteiger charge is -2.35. The highest BCUT2D eigenvalue weighted by atomic mass is 32.1. The quantitative estimate of drug-likeness (QED) is 0.536. The van der Waals surface area contributed by atoms with Crippen molar-refractivity contribution in [2.75, 3.05) is 27.2 Å². The maximum Gasteiger partial charge on any atom is 0.159 e. The number of thiocyanates is 1. The minimum atomic E-state index is 0.479. The fourth-order valence-electron chi connectivity index (χ4n) is 2.14. The van der Waals surface area contributed by atoms with Crippen LogP contribution in [0.1, 0.15) is 12.8 Å². The molecule has 0 aromatic rings. The van der Waals surface area contributed by atoms with Gasteiger partial charge >= 0.3 is 0 Å². The summed E-state index contributed by atoms with van der Waals surface area (Å²) in [4.78, 5) is 7.07. The van der Waals surface area contributed by atoms with Gasteiger partial charge in [-0.15, -0.1) is 0 Å². The van der Waals surface area contributed by atoms with E-state index in [4.69, 9.17) is 5.26 Å². The Morgan fingerprint density at radius 3 is 2.00 bits per heavy atom. The van der Waals surface area contributed by atoms with Crippen LogP contribution in [0.5, 0.6) is 0 Å². The smallest absolute Gasteiger partial charge is 0.159 e. The van der Waals surface area contributed by atoms with Gasteiger partial charge in [0.1, 0.15) is 5.40 Å². The summed E-state index contributed by atoms with van der Waals surface area (Å²) in [6.07, 6.45) is 7.48. The molecule has 0 aliphatic carbocycles. The van der Waals surface area contributed by atoms with Gasteiger partial charge < -0.3 is 9.80 Å². The largest absolute Gasteiger partial charge is 0.347 e. The zero-order chi connectivity index (χ0) is 11.3. The fourth-order valence-corrected chi connectivity index (χ4v) is 2.14. The number of hydrogen-bond donors (Lipinski definition) is 1. The van der Waals surface area contributed by atoms with E-state index in [9.17, 15) is 0 Å². The van der Waals surface area contributed by atoms with Crippen molar-refractivity contribution in [2.45, 2.75) is 19.1 Å². The molecule has 0 aromatic heterocycles. The van der Waals surface area contributed by atoms with Crippen LogP contribution in [0.3, 0.4) is 0 Å². The number of nitriles is 1. The van der Waals surface area contributed by atoms with E-state index in [1.807, 2.05) is 0 Å². The molecule has 2 rings (SSSR count). The van der Waals surface area contributed by atoms with Crippen LogP contribution in [-0.4, -0.2) is 48.2 Å². The highest BCUT2D eigenvalue weighted by molar-refractivity contribution is 7.85. The first-order chi connectivity index (χ1) is 7.20. The van der Waals surface area contributed by atoms with E-state index in [2.05, 4.69) is 53.8 Å². The van der Waals surface area contributed by atoms with Gasteiger partial charge in [-0.2, -0.15) is 5.26 Å². The Morgan fingerprint density at radius 1 is 1.20 bits per heavy atom. The molecule has 0 radical (unpaired) electrons. The van der Waals surface area contributed by atoms with Crippen molar-refractivity contribution >= 4 is 12.6 Å². The van der Waals surface area contributed by atoms with Crippen molar-refractivity contribution in [3.05, 3.63) is 12.4 Å². The molecule has 1 saturated heterocycles. The van der Waals surface area contributed by atoms with E-state index in [1.165, 1.54) is 31.3 Å². The Bertz CT molecular complexity index is 243. The molecule has 0 atom stereocenters. The second-order valence-corrected chi connectivity index (χ2v) is 4.02. The molecule has 0 aromatic carbocycles. The third-order valence-corrected chi connectivity index (χ3v) is 2.73. The lowest BCUT2D eigenvalue weighted by Crippen LogP contribution is -2.48. The molecular weight excluding hydrogens is 208 g/mol. The molecule has 0 bridgehead atoms. The summed E-state index contributed by atoms with van der Waals surface area (Å²) in [5, 5.41) is 8.63. The van der Waals surface area contributed by atoms with Gasteiger partial charge in [-0.1, -0.05) is 12.6 Å². The number of nitrogens with zero attached hydrogens (tertiary/aromatic N) is 4. The van der Waals surface area contributed by atoms with Gasteiger partial charge in [0.15, 0.2) is 6.29 Å². The van der Waals surface area contributed by atoms with Crippen molar-refractivity contribution in [3.8, 4) is 5.40 Å². The fraction of sp³-hybridized carbons (Fsp3) is 0.700. The van der Waals surface area contributed by atoms with E-state index in [-0.39, 0.29) is 0 Å². The first-order valence-electron chi connectivity index (χ1n) is 5.10. The number of hydrogen-bond acceptors (Lipinski definition) is 5. The minimum Gasteiger partial charge on any atom is -0.347 e. The third-order valence-electron chi connectivity index (χ3n) is 2.73. The van der Waals surface area contributed by atoms with Crippen molar-refractivity contribution < 1.29 is 0 Å². The van der Waals surface area contributed by atoms with Gasteiger partial charge in [0, 0.05) is 39.6 Å². The molecule has 84 valence electrons. The molecule has 0 unspecified atom stereocenters. The van der Waals surface area contributed by atoms with Crippen LogP contribution in [-0.2, 0) is 0 Å². The van der Waals surface area contributed by atoms with E-state index in [0.29, 0.717) is 6.29 Å². The van der Waals surface area contributed by atoms with Gasteiger partial charge in [-0.3, -0.25) is 4.90 Å². The lowest BCUT2D eigenvalue weighted by atomic mass is 10.4. The highest BCUT2D eigenvalue weighted by Crippen LogP contribution is 2.20. The average molecular weight is 226 g/mol. The predicted octanol–water partition coefficient (Wildman–Crippen LogP) is 1.11. The summed E-state index contributed by atoms with van der Waals surface area (Å²) in [7, 11) is 4.28. The SMILES string of the molecule is CN1C=CN(C)C1N1CCCC1.N#CS. The van der Waals surface area contributed by atoms with E-state index in [0.717, 1.165) is 0 Å². The Morgan fingerprint density at radius 2 is 1.60 bits per heavy atom. The van der Waals surface area contributed by atoms with Crippen LogP contribution < -0.4 is 0 Å². The maximum absolute atomic E-state index is 7.18. The topological polar surface area (TPSA) is 33.5 Å². The molecule has 2 aliphatic heterocycles. The monoisotopic (exact) mass is 226 g/mol. The zero-order valence-corrected chi connectivity index (χ0v) is 10.2. The lowest BCUT2D eigenvalue weighted by molar-refractivity contribution is 0.0376. The molecule has 0 saturated carbocycles. The van der Waals surface area contributed by atoms with E-state index in [1.54, 1.807) is 0 Å². The summed E-state index contributed by atoms with van der Waals surface area (Å²) < 4.78 is 0. The molecular formula is C10H18N4S. The third kappa shape index (κ3) is 3.05. The molecule has 1 fully saturated rings. The van der Waals surface area contributed by atoms with Crippen LogP contribution in [0.4, 0.5) is 0 Å². The molecule has 0 amide bonds. The second kappa shape index (κ2) is 5.89. The molecule has 0 spiro atoms. The highest BCUT2D eigenvalue weighted by Gasteiger charge is 2.28. The summed E-state index contributed by atoms with van der Waals surface area (Å²) in [5.74, 6) is 0. The van der Waals surface area contributed by atoms with Crippen LogP contribution in [0.2, 0.25) is 0 Å². The van der Waals surface area contributed by atoms with E-state index < -0.39 is 0 Å². The number of likely N-dealkylation sites (tertiary alicyclic amines) is 1. The first-order valence-corrected chi connectivity index (χ1v) is 5.55. The van der Waals surface area contributed by atoms with Crippen LogP contribution in [0.15, 0.2) is 12.4 Å². The Hall–Kier alpha value is -0.860. The predicted molar refractivity (Wildman–Crippen MR) is 63.9 cm³/mol. The van der Waals surface area contributed by atoms with Gasteiger partial charge in [-0.05, 0) is 12.8 Å². The Balaban J connectivity index is 0.000000337. The van der Waals surface area contributed by atoms with Crippen molar-refractivity contribution in [1.82, 2.24) is 14.7 Å². The van der Waals surface area contributed by atoms with Gasteiger partial charge in [0.25, 0.3) is 0 Å². The Kier molecular flexibility index (Phi) is 4.79. The van der Waals surface area contributed by atoms with Gasteiger partial charge in [0.2, 0.25) is 0 Å². The molecule has 2 heterocycles. The van der Waals surface area contributed by atoms with Crippen molar-refractivity contribution in [3.63, 3.8) is 0 Å². The van der Waals surface area contributed by atoms with Crippen LogP contribution >= 0.6 is 12.6 Å².